The maximum Gasteiger partial charge on any atom is 0.310 e. The molecule has 0 aliphatic rings. The van der Waals surface area contributed by atoms with Crippen LogP contribution in [0.2, 0.25) is 0 Å². The van der Waals surface area contributed by atoms with E-state index in [4.69, 9.17) is 4.74 Å². The standard InChI is InChI=1S/C19H20N2O5/c1-14(22)20-12-4-5-15-8-10-16(11-9-15)18(23)13-26-19-7-3-2-6-17(19)21(24)25/h2-3,6-11H,4-5,12-13H2,1H3,(H,20,22). The first-order valence-electron chi connectivity index (χ1n) is 8.20. The van der Waals surface area contributed by atoms with E-state index in [-0.39, 0.29) is 29.7 Å². The first-order chi connectivity index (χ1) is 12.5. The van der Waals surface area contributed by atoms with Crippen LogP contribution in [0.15, 0.2) is 48.5 Å². The molecule has 2 aromatic carbocycles. The van der Waals surface area contributed by atoms with Crippen molar-refractivity contribution >= 4 is 17.4 Å². The number of nitro groups is 1. The number of ketones is 1. The molecule has 0 bridgehead atoms. The fraction of sp³-hybridized carbons (Fsp3) is 0.263. The number of hydrogen-bond donors (Lipinski definition) is 1. The molecule has 1 amide bonds. The first-order valence-corrected chi connectivity index (χ1v) is 8.20. The summed E-state index contributed by atoms with van der Waals surface area (Å²) in [6.07, 6.45) is 1.61. The van der Waals surface area contributed by atoms with Gasteiger partial charge in [-0.1, -0.05) is 36.4 Å². The Morgan fingerprint density at radius 2 is 1.81 bits per heavy atom. The molecule has 0 radical (unpaired) electrons. The summed E-state index contributed by atoms with van der Waals surface area (Å²) in [7, 11) is 0. The van der Waals surface area contributed by atoms with Crippen molar-refractivity contribution < 1.29 is 19.2 Å². The molecule has 0 aromatic heterocycles. The van der Waals surface area contributed by atoms with Gasteiger partial charge in [-0.15, -0.1) is 0 Å². The number of aryl methyl sites for hydroxylation is 1. The largest absolute Gasteiger partial charge is 0.478 e. The second-order valence-electron chi connectivity index (χ2n) is 5.72. The molecule has 2 rings (SSSR count). The number of amides is 1. The second kappa shape index (κ2) is 9.31. The normalized spacial score (nSPS) is 10.2. The average Bonchev–Trinajstić information content (AvgIpc) is 2.63. The Morgan fingerprint density at radius 3 is 2.46 bits per heavy atom. The number of nitrogens with zero attached hydrogens (tertiary/aromatic N) is 1. The SMILES string of the molecule is CC(=O)NCCCc1ccc(C(=O)COc2ccccc2[N+](=O)[O-])cc1. The number of carbonyl (C=O) groups is 2. The number of nitrogens with one attached hydrogen (secondary N) is 1. The molecule has 0 atom stereocenters. The lowest BCUT2D eigenvalue weighted by Crippen LogP contribution is -2.21. The molecule has 136 valence electrons. The van der Waals surface area contributed by atoms with E-state index in [0.29, 0.717) is 12.1 Å². The summed E-state index contributed by atoms with van der Waals surface area (Å²) >= 11 is 0. The number of hydrogen-bond acceptors (Lipinski definition) is 5. The Kier molecular flexibility index (Phi) is 6.84. The lowest BCUT2D eigenvalue weighted by molar-refractivity contribution is -0.385. The van der Waals surface area contributed by atoms with Gasteiger partial charge in [-0.3, -0.25) is 19.7 Å². The maximum absolute atomic E-state index is 12.2. The summed E-state index contributed by atoms with van der Waals surface area (Å²) < 4.78 is 5.32. The van der Waals surface area contributed by atoms with Gasteiger partial charge < -0.3 is 10.1 Å². The van der Waals surface area contributed by atoms with Crippen LogP contribution in [0.5, 0.6) is 5.75 Å². The molecule has 0 unspecified atom stereocenters. The minimum absolute atomic E-state index is 0.0513. The van der Waals surface area contributed by atoms with E-state index in [9.17, 15) is 19.7 Å². The number of ether oxygens (including phenoxy) is 1. The zero-order valence-electron chi connectivity index (χ0n) is 14.4. The quantitative estimate of drug-likeness (QED) is 0.322. The fourth-order valence-corrected chi connectivity index (χ4v) is 2.37. The molecule has 26 heavy (non-hydrogen) atoms. The van der Waals surface area contributed by atoms with Gasteiger partial charge in [0.25, 0.3) is 0 Å². The summed E-state index contributed by atoms with van der Waals surface area (Å²) in [5.74, 6) is -0.238. The van der Waals surface area contributed by atoms with Crippen molar-refractivity contribution in [2.45, 2.75) is 19.8 Å². The summed E-state index contributed by atoms with van der Waals surface area (Å²) in [6, 6.07) is 13.1. The molecule has 7 heteroatoms. The minimum Gasteiger partial charge on any atom is -0.478 e. The molecule has 7 nitrogen and oxygen atoms in total. The number of Topliss-reactive ketones (excluding diaryl/α,β-unsaturated/α-hetero) is 1. The van der Waals surface area contributed by atoms with E-state index in [2.05, 4.69) is 5.32 Å². The van der Waals surface area contributed by atoms with Gasteiger partial charge in [-0.25, -0.2) is 0 Å². The number of rotatable bonds is 9. The molecule has 0 aliphatic heterocycles. The zero-order valence-corrected chi connectivity index (χ0v) is 14.4. The molecule has 0 fully saturated rings. The van der Waals surface area contributed by atoms with Crippen molar-refractivity contribution in [3.05, 3.63) is 69.8 Å². The molecular weight excluding hydrogens is 336 g/mol. The van der Waals surface area contributed by atoms with Crippen LogP contribution in [0.4, 0.5) is 5.69 Å². The van der Waals surface area contributed by atoms with E-state index < -0.39 is 4.92 Å². The highest BCUT2D eigenvalue weighted by Gasteiger charge is 2.15. The molecule has 2 aromatic rings. The van der Waals surface area contributed by atoms with E-state index in [1.807, 2.05) is 12.1 Å². The summed E-state index contributed by atoms with van der Waals surface area (Å²) in [6.45, 7) is 1.82. The average molecular weight is 356 g/mol. The van der Waals surface area contributed by atoms with Crippen molar-refractivity contribution in [3.63, 3.8) is 0 Å². The van der Waals surface area contributed by atoms with Crippen LogP contribution in [0, 0.1) is 10.1 Å². The molecule has 0 spiro atoms. The summed E-state index contributed by atoms with van der Waals surface area (Å²) in [5, 5.41) is 13.7. The summed E-state index contributed by atoms with van der Waals surface area (Å²) in [5.41, 5.74) is 1.37. The number of para-hydroxylation sites is 2. The van der Waals surface area contributed by atoms with Gasteiger partial charge in [0.05, 0.1) is 4.92 Å². The van der Waals surface area contributed by atoms with Crippen molar-refractivity contribution in [2.24, 2.45) is 0 Å². The van der Waals surface area contributed by atoms with Crippen LogP contribution >= 0.6 is 0 Å². The molecule has 0 aliphatic carbocycles. The van der Waals surface area contributed by atoms with Gasteiger partial charge in [0.15, 0.2) is 18.1 Å². The number of nitro benzene ring substituents is 1. The van der Waals surface area contributed by atoms with Crippen molar-refractivity contribution in [3.8, 4) is 5.75 Å². The van der Waals surface area contributed by atoms with Crippen LogP contribution < -0.4 is 10.1 Å². The van der Waals surface area contributed by atoms with E-state index in [0.717, 1.165) is 18.4 Å². The molecule has 0 saturated heterocycles. The van der Waals surface area contributed by atoms with Crippen molar-refractivity contribution in [2.75, 3.05) is 13.2 Å². The minimum atomic E-state index is -0.546. The van der Waals surface area contributed by atoms with E-state index >= 15 is 0 Å². The third-order valence-corrected chi connectivity index (χ3v) is 3.71. The Morgan fingerprint density at radius 1 is 1.12 bits per heavy atom. The first kappa shape index (κ1) is 19.1. The highest BCUT2D eigenvalue weighted by Crippen LogP contribution is 2.25. The Hall–Kier alpha value is -3.22. The molecular formula is C19H20N2O5. The Bertz CT molecular complexity index is 787. The topological polar surface area (TPSA) is 98.5 Å². The highest BCUT2D eigenvalue weighted by atomic mass is 16.6. The Balaban J connectivity index is 1.88. The monoisotopic (exact) mass is 356 g/mol. The predicted octanol–water partition coefficient (Wildman–Crippen LogP) is 2.93. The van der Waals surface area contributed by atoms with Gasteiger partial charge in [-0.2, -0.15) is 0 Å². The van der Waals surface area contributed by atoms with Gasteiger partial charge >= 0.3 is 5.69 Å². The fourth-order valence-electron chi connectivity index (χ4n) is 2.37. The van der Waals surface area contributed by atoms with Gasteiger partial charge in [0.1, 0.15) is 0 Å². The second-order valence-corrected chi connectivity index (χ2v) is 5.72. The zero-order chi connectivity index (χ0) is 18.9. The van der Waals surface area contributed by atoms with Crippen molar-refractivity contribution in [1.29, 1.82) is 0 Å². The van der Waals surface area contributed by atoms with Gasteiger partial charge in [0, 0.05) is 25.1 Å². The van der Waals surface area contributed by atoms with Crippen LogP contribution in [0.1, 0.15) is 29.3 Å². The van der Waals surface area contributed by atoms with E-state index in [1.165, 1.54) is 25.1 Å². The number of benzene rings is 2. The highest BCUT2D eigenvalue weighted by molar-refractivity contribution is 5.97. The molecule has 1 N–H and O–H groups in total. The molecule has 0 heterocycles. The lowest BCUT2D eigenvalue weighted by Gasteiger charge is -2.07. The van der Waals surface area contributed by atoms with Crippen molar-refractivity contribution in [1.82, 2.24) is 5.32 Å². The predicted molar refractivity (Wildman–Crippen MR) is 96.4 cm³/mol. The smallest absolute Gasteiger partial charge is 0.310 e. The van der Waals surface area contributed by atoms with E-state index in [1.54, 1.807) is 18.2 Å². The van der Waals surface area contributed by atoms with Crippen LogP contribution in [-0.4, -0.2) is 29.8 Å². The van der Waals surface area contributed by atoms with Crippen LogP contribution in [0.25, 0.3) is 0 Å². The third-order valence-electron chi connectivity index (χ3n) is 3.71. The van der Waals surface area contributed by atoms with Crippen LogP contribution in [-0.2, 0) is 11.2 Å². The number of carbonyl (C=O) groups excluding carboxylic acids is 2. The maximum atomic E-state index is 12.2. The van der Waals surface area contributed by atoms with Gasteiger partial charge in [0.2, 0.25) is 5.91 Å². The molecule has 0 saturated carbocycles. The van der Waals surface area contributed by atoms with Gasteiger partial charge in [-0.05, 0) is 24.5 Å². The van der Waals surface area contributed by atoms with Crippen LogP contribution in [0.3, 0.4) is 0 Å². The lowest BCUT2D eigenvalue weighted by atomic mass is 10.1. The third kappa shape index (κ3) is 5.70. The Labute approximate surface area is 151 Å². The summed E-state index contributed by atoms with van der Waals surface area (Å²) in [4.78, 5) is 33.4.